The Morgan fingerprint density at radius 1 is 1.03 bits per heavy atom. The van der Waals surface area contributed by atoms with E-state index in [4.69, 9.17) is 4.98 Å². The van der Waals surface area contributed by atoms with Crippen LogP contribution in [0.1, 0.15) is 38.2 Å². The Morgan fingerprint density at radius 3 is 2.78 bits per heavy atom. The van der Waals surface area contributed by atoms with Crippen LogP contribution in [0.5, 0.6) is 0 Å². The van der Waals surface area contributed by atoms with Gasteiger partial charge in [-0.25, -0.2) is 14.5 Å². The maximum absolute atomic E-state index is 4.92. The van der Waals surface area contributed by atoms with Crippen molar-refractivity contribution in [2.24, 2.45) is 0 Å². The summed E-state index contributed by atoms with van der Waals surface area (Å²) in [6.07, 6.45) is 8.44. The molecule has 36 heavy (non-hydrogen) atoms. The summed E-state index contributed by atoms with van der Waals surface area (Å²) in [5.41, 5.74) is 5.20. The highest BCUT2D eigenvalue weighted by atomic mass is 15.3. The van der Waals surface area contributed by atoms with Crippen LogP contribution in [-0.4, -0.2) is 51.3 Å². The average molecular weight is 483 g/mol. The maximum atomic E-state index is 4.92. The molecule has 0 radical (unpaired) electrons. The second-order valence-electron chi connectivity index (χ2n) is 9.97. The van der Waals surface area contributed by atoms with Crippen LogP contribution in [0.15, 0.2) is 61.1 Å². The Labute approximate surface area is 212 Å². The number of nitrogens with zero attached hydrogens (tertiary/aromatic N) is 5. The minimum atomic E-state index is 0.524. The molecule has 2 aliphatic heterocycles. The Morgan fingerprint density at radius 2 is 1.92 bits per heavy atom. The van der Waals surface area contributed by atoms with E-state index in [0.29, 0.717) is 12.1 Å². The second kappa shape index (κ2) is 10.2. The van der Waals surface area contributed by atoms with Crippen molar-refractivity contribution in [3.8, 4) is 11.1 Å². The molecule has 0 aliphatic carbocycles. The zero-order valence-electron chi connectivity index (χ0n) is 20.8. The fourth-order valence-corrected chi connectivity index (χ4v) is 5.39. The third-order valence-corrected chi connectivity index (χ3v) is 7.41. The van der Waals surface area contributed by atoms with Crippen LogP contribution in [0.2, 0.25) is 0 Å². The Hall–Kier alpha value is -3.49. The van der Waals surface area contributed by atoms with Crippen molar-refractivity contribution in [1.29, 1.82) is 0 Å². The quantitative estimate of drug-likeness (QED) is 0.361. The monoisotopic (exact) mass is 482 g/mol. The number of benzene rings is 1. The number of hydrogen-bond donors (Lipinski definition) is 3. The molecule has 186 valence electrons. The van der Waals surface area contributed by atoms with E-state index in [-0.39, 0.29) is 0 Å². The molecule has 0 bridgehead atoms. The summed E-state index contributed by atoms with van der Waals surface area (Å²) in [7, 11) is 0. The number of aromatic nitrogens is 4. The SMILES string of the molecule is C[C@H]1CCCN1c1cccc(Nc2cc(-c3cccc(CNC4CCNCC4)c3)cn3ncnc23)n1. The lowest BCUT2D eigenvalue weighted by atomic mass is 10.0. The summed E-state index contributed by atoms with van der Waals surface area (Å²) < 4.78 is 1.84. The van der Waals surface area contributed by atoms with Gasteiger partial charge in [-0.3, -0.25) is 0 Å². The molecule has 0 amide bonds. The Kier molecular flexibility index (Phi) is 6.53. The van der Waals surface area contributed by atoms with Crippen molar-refractivity contribution in [3.05, 3.63) is 66.6 Å². The summed E-state index contributed by atoms with van der Waals surface area (Å²) in [6, 6.07) is 18.2. The van der Waals surface area contributed by atoms with Gasteiger partial charge in [-0.1, -0.05) is 24.3 Å². The van der Waals surface area contributed by atoms with Crippen LogP contribution < -0.4 is 20.9 Å². The first-order valence-electron chi connectivity index (χ1n) is 13.1. The van der Waals surface area contributed by atoms with E-state index >= 15 is 0 Å². The van der Waals surface area contributed by atoms with Crippen LogP contribution in [0.4, 0.5) is 17.3 Å². The van der Waals surface area contributed by atoms with Crippen molar-refractivity contribution < 1.29 is 0 Å². The van der Waals surface area contributed by atoms with Gasteiger partial charge in [-0.2, -0.15) is 5.10 Å². The highest BCUT2D eigenvalue weighted by Gasteiger charge is 2.21. The lowest BCUT2D eigenvalue weighted by Gasteiger charge is -2.24. The van der Waals surface area contributed by atoms with Gasteiger partial charge in [0.05, 0.1) is 5.69 Å². The number of rotatable bonds is 7. The molecule has 6 rings (SSSR count). The van der Waals surface area contributed by atoms with Crippen LogP contribution in [0.3, 0.4) is 0 Å². The molecule has 5 heterocycles. The molecule has 0 spiro atoms. The number of anilines is 3. The van der Waals surface area contributed by atoms with Crippen molar-refractivity contribution in [1.82, 2.24) is 30.2 Å². The zero-order valence-corrected chi connectivity index (χ0v) is 20.8. The van der Waals surface area contributed by atoms with Crippen LogP contribution in [0.25, 0.3) is 16.8 Å². The van der Waals surface area contributed by atoms with Crippen LogP contribution >= 0.6 is 0 Å². The molecule has 4 aromatic rings. The van der Waals surface area contributed by atoms with Gasteiger partial charge in [0, 0.05) is 36.9 Å². The molecule has 0 saturated carbocycles. The number of piperidine rings is 1. The van der Waals surface area contributed by atoms with E-state index in [9.17, 15) is 0 Å². The normalized spacial score (nSPS) is 18.7. The molecule has 8 heteroatoms. The van der Waals surface area contributed by atoms with Crippen molar-refractivity contribution in [3.63, 3.8) is 0 Å². The molecule has 1 atom stereocenters. The molecule has 3 aromatic heterocycles. The first-order valence-corrected chi connectivity index (χ1v) is 13.1. The van der Waals surface area contributed by atoms with Gasteiger partial charge in [0.15, 0.2) is 5.65 Å². The Balaban J connectivity index is 1.26. The highest BCUT2D eigenvalue weighted by Crippen LogP contribution is 2.29. The van der Waals surface area contributed by atoms with Crippen molar-refractivity contribution in [2.45, 2.75) is 51.2 Å². The largest absolute Gasteiger partial charge is 0.354 e. The lowest BCUT2D eigenvalue weighted by molar-refractivity contribution is 0.386. The molecule has 8 nitrogen and oxygen atoms in total. The molecule has 3 N–H and O–H groups in total. The molecular formula is C28H34N8. The predicted octanol–water partition coefficient (Wildman–Crippen LogP) is 4.37. The maximum Gasteiger partial charge on any atom is 0.178 e. The van der Waals surface area contributed by atoms with E-state index in [2.05, 4.69) is 80.3 Å². The van der Waals surface area contributed by atoms with E-state index in [1.165, 1.54) is 31.2 Å². The van der Waals surface area contributed by atoms with Gasteiger partial charge in [0.1, 0.15) is 18.0 Å². The fourth-order valence-electron chi connectivity index (χ4n) is 5.39. The molecule has 2 saturated heterocycles. The standard InChI is InChI=1S/C28H34N8/c1-20-5-4-14-35(20)27-9-3-8-26(34-27)33-25-16-23(18-36-28(25)31-19-32-36)22-7-2-6-21(15-22)17-30-24-10-12-29-13-11-24/h2-3,6-9,15-16,18-20,24,29-30H,4-5,10-14,17H2,1H3,(H,33,34)/t20-/m0/s1. The average Bonchev–Trinajstić information content (AvgIpc) is 3.57. The summed E-state index contributed by atoms with van der Waals surface area (Å²) in [5, 5.41) is 15.1. The van der Waals surface area contributed by atoms with E-state index < -0.39 is 0 Å². The predicted molar refractivity (Wildman–Crippen MR) is 145 cm³/mol. The number of pyridine rings is 2. The van der Waals surface area contributed by atoms with E-state index in [0.717, 1.165) is 60.3 Å². The smallest absolute Gasteiger partial charge is 0.178 e. The first-order chi connectivity index (χ1) is 17.7. The lowest BCUT2D eigenvalue weighted by Crippen LogP contribution is -2.39. The first kappa shape index (κ1) is 22.9. The van der Waals surface area contributed by atoms with Gasteiger partial charge in [-0.15, -0.1) is 0 Å². The third kappa shape index (κ3) is 4.92. The van der Waals surface area contributed by atoms with E-state index in [1.807, 2.05) is 16.8 Å². The zero-order chi connectivity index (χ0) is 24.3. The third-order valence-electron chi connectivity index (χ3n) is 7.41. The fraction of sp³-hybridized carbons (Fsp3) is 0.393. The summed E-state index contributed by atoms with van der Waals surface area (Å²) in [5.74, 6) is 1.83. The topological polar surface area (TPSA) is 82.4 Å². The van der Waals surface area contributed by atoms with Crippen LogP contribution in [0, 0.1) is 0 Å². The van der Waals surface area contributed by atoms with E-state index in [1.54, 1.807) is 6.33 Å². The molecular weight excluding hydrogens is 448 g/mol. The molecule has 2 aliphatic rings. The van der Waals surface area contributed by atoms with Gasteiger partial charge in [0.2, 0.25) is 0 Å². The number of fused-ring (bicyclic) bond motifs is 1. The number of nitrogens with one attached hydrogen (secondary N) is 3. The molecule has 2 fully saturated rings. The van der Waals surface area contributed by atoms with Gasteiger partial charge in [-0.05, 0) is 81.1 Å². The minimum absolute atomic E-state index is 0.524. The second-order valence-corrected chi connectivity index (χ2v) is 9.97. The summed E-state index contributed by atoms with van der Waals surface area (Å²) >= 11 is 0. The van der Waals surface area contributed by atoms with Crippen molar-refractivity contribution in [2.75, 3.05) is 29.9 Å². The highest BCUT2D eigenvalue weighted by molar-refractivity contribution is 5.79. The summed E-state index contributed by atoms with van der Waals surface area (Å²) in [6.45, 7) is 6.40. The van der Waals surface area contributed by atoms with Gasteiger partial charge < -0.3 is 20.9 Å². The van der Waals surface area contributed by atoms with Gasteiger partial charge in [0.25, 0.3) is 0 Å². The summed E-state index contributed by atoms with van der Waals surface area (Å²) in [4.78, 5) is 11.8. The molecule has 1 aromatic carbocycles. The van der Waals surface area contributed by atoms with Crippen LogP contribution in [-0.2, 0) is 6.54 Å². The van der Waals surface area contributed by atoms with Gasteiger partial charge >= 0.3 is 0 Å². The Bertz CT molecular complexity index is 1330. The van der Waals surface area contributed by atoms with Crippen molar-refractivity contribution >= 4 is 23.0 Å². The molecule has 0 unspecified atom stereocenters. The minimum Gasteiger partial charge on any atom is -0.354 e. The number of hydrogen-bond acceptors (Lipinski definition) is 7.